The molecule has 0 bridgehead atoms. The zero-order valence-corrected chi connectivity index (χ0v) is 13.1. The number of carbonyl (C=O) groups is 1. The first-order valence-corrected chi connectivity index (χ1v) is 7.42. The molecule has 1 aliphatic rings. The Morgan fingerprint density at radius 3 is 2.95 bits per heavy atom. The molecule has 0 saturated heterocycles. The van der Waals surface area contributed by atoms with Crippen molar-refractivity contribution in [1.82, 2.24) is 19.3 Å². The third-order valence-electron chi connectivity index (χ3n) is 3.58. The summed E-state index contributed by atoms with van der Waals surface area (Å²) in [5.41, 5.74) is 1.46. The zero-order valence-electron chi connectivity index (χ0n) is 11.5. The summed E-state index contributed by atoms with van der Waals surface area (Å²) < 4.78 is 4.48. The Kier molecular flexibility index (Phi) is 3.37. The molecule has 0 aliphatic carbocycles. The number of aryl methyl sites for hydroxylation is 3. The number of hydrogen-bond acceptors (Lipinski definition) is 3. The fourth-order valence-electron chi connectivity index (χ4n) is 2.54. The molecule has 2 aromatic heterocycles. The highest BCUT2D eigenvalue weighted by atomic mass is 79.9. The molecule has 20 heavy (non-hydrogen) atoms. The third kappa shape index (κ3) is 2.15. The predicted molar refractivity (Wildman–Crippen MR) is 78.8 cm³/mol. The van der Waals surface area contributed by atoms with Gasteiger partial charge in [0.15, 0.2) is 0 Å². The van der Waals surface area contributed by atoms with Crippen molar-refractivity contribution >= 4 is 27.7 Å². The fourth-order valence-corrected chi connectivity index (χ4v) is 2.97. The zero-order chi connectivity index (χ0) is 14.3. The van der Waals surface area contributed by atoms with E-state index >= 15 is 0 Å². The summed E-state index contributed by atoms with van der Waals surface area (Å²) in [6, 6.07) is 0. The molecule has 2 aromatic rings. The van der Waals surface area contributed by atoms with Crippen LogP contribution in [0.4, 0.5) is 5.82 Å². The van der Waals surface area contributed by atoms with Crippen LogP contribution in [0.3, 0.4) is 0 Å². The van der Waals surface area contributed by atoms with E-state index in [2.05, 4.69) is 31.3 Å². The van der Waals surface area contributed by atoms with Gasteiger partial charge in [0.25, 0.3) is 5.91 Å². The van der Waals surface area contributed by atoms with E-state index in [0.29, 0.717) is 11.5 Å². The number of amides is 1. The highest BCUT2D eigenvalue weighted by Crippen LogP contribution is 2.26. The topological polar surface area (TPSA) is 64.7 Å². The van der Waals surface area contributed by atoms with Crippen LogP contribution in [-0.2, 0) is 20.0 Å². The number of nitrogens with zero attached hydrogens (tertiary/aromatic N) is 4. The van der Waals surface area contributed by atoms with Gasteiger partial charge in [-0.05, 0) is 35.7 Å². The monoisotopic (exact) mass is 337 g/mol. The minimum absolute atomic E-state index is 0.144. The molecule has 6 nitrogen and oxygen atoms in total. The molecule has 0 radical (unpaired) electrons. The summed E-state index contributed by atoms with van der Waals surface area (Å²) >= 11 is 3.45. The number of rotatable bonds is 2. The van der Waals surface area contributed by atoms with Crippen LogP contribution >= 0.6 is 15.9 Å². The fraction of sp³-hybridized carbons (Fsp3) is 0.462. The molecule has 0 spiro atoms. The number of aromatic nitrogens is 4. The number of hydrogen-bond donors (Lipinski definition) is 1. The van der Waals surface area contributed by atoms with E-state index in [1.54, 1.807) is 17.9 Å². The van der Waals surface area contributed by atoms with Gasteiger partial charge in [-0.1, -0.05) is 0 Å². The average Bonchev–Trinajstić information content (AvgIpc) is 2.96. The van der Waals surface area contributed by atoms with Gasteiger partial charge >= 0.3 is 0 Å². The van der Waals surface area contributed by atoms with Crippen LogP contribution < -0.4 is 5.32 Å². The quantitative estimate of drug-likeness (QED) is 0.914. The summed E-state index contributed by atoms with van der Waals surface area (Å²) in [6.45, 7) is 2.75. The molecule has 0 aromatic carbocycles. The Morgan fingerprint density at radius 1 is 1.45 bits per heavy atom. The number of carbonyl (C=O) groups excluding carboxylic acids is 1. The normalized spacial score (nSPS) is 14.2. The molecular formula is C13H16BrN5O. The summed E-state index contributed by atoms with van der Waals surface area (Å²) in [4.78, 5) is 16.8. The second-order valence-electron chi connectivity index (χ2n) is 4.99. The largest absolute Gasteiger partial charge is 0.324 e. The van der Waals surface area contributed by atoms with Gasteiger partial charge in [0.05, 0.1) is 16.4 Å². The van der Waals surface area contributed by atoms with Crippen molar-refractivity contribution in [2.24, 2.45) is 7.05 Å². The van der Waals surface area contributed by atoms with Crippen LogP contribution in [0.5, 0.6) is 0 Å². The lowest BCUT2D eigenvalue weighted by Crippen LogP contribution is -2.21. The Labute approximate surface area is 125 Å². The molecule has 3 heterocycles. The van der Waals surface area contributed by atoms with Crippen LogP contribution in [-0.4, -0.2) is 25.2 Å². The van der Waals surface area contributed by atoms with Crippen LogP contribution in [0.25, 0.3) is 0 Å². The lowest BCUT2D eigenvalue weighted by molar-refractivity contribution is 0.101. The van der Waals surface area contributed by atoms with Crippen LogP contribution in [0, 0.1) is 6.92 Å². The van der Waals surface area contributed by atoms with Crippen LogP contribution in [0.2, 0.25) is 0 Å². The number of nitrogens with one attached hydrogen (secondary N) is 1. The second kappa shape index (κ2) is 5.05. The minimum atomic E-state index is -0.144. The first kappa shape index (κ1) is 13.4. The predicted octanol–water partition coefficient (Wildman–Crippen LogP) is 2.28. The van der Waals surface area contributed by atoms with Crippen molar-refractivity contribution in [3.05, 3.63) is 27.9 Å². The van der Waals surface area contributed by atoms with E-state index in [1.165, 1.54) is 0 Å². The van der Waals surface area contributed by atoms with Gasteiger partial charge in [-0.3, -0.25) is 9.48 Å². The number of halogens is 1. The Hall–Kier alpha value is -1.63. The summed E-state index contributed by atoms with van der Waals surface area (Å²) in [6.07, 6.45) is 4.84. The van der Waals surface area contributed by atoms with Crippen LogP contribution in [0.1, 0.15) is 34.8 Å². The molecule has 1 aliphatic heterocycles. The first-order valence-electron chi connectivity index (χ1n) is 6.63. The number of fused-ring (bicyclic) bond motifs is 1. The first-order chi connectivity index (χ1) is 9.58. The van der Waals surface area contributed by atoms with E-state index in [-0.39, 0.29) is 5.91 Å². The van der Waals surface area contributed by atoms with Crippen molar-refractivity contribution in [3.63, 3.8) is 0 Å². The molecule has 0 unspecified atom stereocenters. The molecule has 0 fully saturated rings. The van der Waals surface area contributed by atoms with Crippen molar-refractivity contribution in [1.29, 1.82) is 0 Å². The molecule has 106 valence electrons. The van der Waals surface area contributed by atoms with E-state index < -0.39 is 0 Å². The van der Waals surface area contributed by atoms with Gasteiger partial charge in [-0.15, -0.1) is 0 Å². The van der Waals surface area contributed by atoms with Crippen LogP contribution in [0.15, 0.2) is 10.7 Å². The molecule has 1 N–H and O–H groups in total. The van der Waals surface area contributed by atoms with E-state index in [1.807, 2.05) is 11.5 Å². The van der Waals surface area contributed by atoms with Gasteiger partial charge in [-0.25, -0.2) is 4.98 Å². The van der Waals surface area contributed by atoms with E-state index in [0.717, 1.165) is 41.8 Å². The second-order valence-corrected chi connectivity index (χ2v) is 5.79. The SMILES string of the molecule is Cc1nn(C)c(NC(=O)c2cnc3n2CCCC3)c1Br. The van der Waals surface area contributed by atoms with E-state index in [4.69, 9.17) is 0 Å². The molecule has 3 rings (SSSR count). The highest BCUT2D eigenvalue weighted by Gasteiger charge is 2.21. The summed E-state index contributed by atoms with van der Waals surface area (Å²) in [5, 5.41) is 7.17. The molecule has 7 heteroatoms. The Balaban J connectivity index is 1.88. The van der Waals surface area contributed by atoms with Gasteiger partial charge in [-0.2, -0.15) is 5.10 Å². The lowest BCUT2D eigenvalue weighted by Gasteiger charge is -2.16. The molecular weight excluding hydrogens is 322 g/mol. The van der Waals surface area contributed by atoms with Crippen molar-refractivity contribution in [2.45, 2.75) is 32.7 Å². The van der Waals surface area contributed by atoms with Gasteiger partial charge in [0.1, 0.15) is 17.3 Å². The van der Waals surface area contributed by atoms with Crippen molar-refractivity contribution in [3.8, 4) is 0 Å². The van der Waals surface area contributed by atoms with Crippen molar-refractivity contribution < 1.29 is 4.79 Å². The van der Waals surface area contributed by atoms with Gasteiger partial charge < -0.3 is 9.88 Å². The summed E-state index contributed by atoms with van der Waals surface area (Å²) in [7, 11) is 1.80. The summed E-state index contributed by atoms with van der Waals surface area (Å²) in [5.74, 6) is 1.52. The van der Waals surface area contributed by atoms with Crippen molar-refractivity contribution in [2.75, 3.05) is 5.32 Å². The number of imidazole rings is 1. The standard InChI is InChI=1S/C13H16BrN5O/c1-8-11(14)12(18(2)17-8)16-13(20)9-7-15-10-5-3-4-6-19(9)10/h7H,3-6H2,1-2H3,(H,16,20). The maximum atomic E-state index is 12.4. The lowest BCUT2D eigenvalue weighted by atomic mass is 10.1. The smallest absolute Gasteiger partial charge is 0.275 e. The van der Waals surface area contributed by atoms with Gasteiger partial charge in [0, 0.05) is 20.0 Å². The third-order valence-corrected chi connectivity index (χ3v) is 4.53. The maximum Gasteiger partial charge on any atom is 0.275 e. The molecule has 0 saturated carbocycles. The highest BCUT2D eigenvalue weighted by molar-refractivity contribution is 9.10. The molecule has 1 amide bonds. The average molecular weight is 338 g/mol. The van der Waals surface area contributed by atoms with E-state index in [9.17, 15) is 4.79 Å². The minimum Gasteiger partial charge on any atom is -0.324 e. The molecule has 0 atom stereocenters. The Morgan fingerprint density at radius 2 is 2.25 bits per heavy atom. The Bertz CT molecular complexity index is 673. The number of anilines is 1. The maximum absolute atomic E-state index is 12.4. The van der Waals surface area contributed by atoms with Gasteiger partial charge in [0.2, 0.25) is 0 Å².